The Bertz CT molecular complexity index is 1100. The maximum Gasteiger partial charge on any atom is 0.166 e. The smallest absolute Gasteiger partial charge is 0.166 e. The largest absolute Gasteiger partial charge is 0.482 e. The number of hydrogen-bond acceptors (Lipinski definition) is 5. The molecule has 0 saturated carbocycles. The van der Waals surface area contributed by atoms with Crippen LogP contribution in [0.2, 0.25) is 10.0 Å². The molecule has 1 aliphatic heterocycles. The number of pyridine rings is 1. The van der Waals surface area contributed by atoms with Crippen molar-refractivity contribution < 1.29 is 9.13 Å². The Morgan fingerprint density at radius 3 is 2.56 bits per heavy atom. The van der Waals surface area contributed by atoms with Gasteiger partial charge in [-0.3, -0.25) is 4.68 Å². The van der Waals surface area contributed by atoms with Gasteiger partial charge < -0.3 is 15.4 Å². The summed E-state index contributed by atoms with van der Waals surface area (Å²) in [5.74, 6) is 0.0394. The number of piperidine rings is 1. The third-order valence-electron chi connectivity index (χ3n) is 5.98. The summed E-state index contributed by atoms with van der Waals surface area (Å²) in [5.41, 5.74) is 8.17. The highest BCUT2D eigenvalue weighted by Crippen LogP contribution is 2.37. The van der Waals surface area contributed by atoms with Crippen LogP contribution >= 0.6 is 23.2 Å². The molecule has 1 saturated heterocycles. The van der Waals surface area contributed by atoms with E-state index in [9.17, 15) is 4.39 Å². The van der Waals surface area contributed by atoms with Gasteiger partial charge in [0.15, 0.2) is 11.6 Å². The lowest BCUT2D eigenvalue weighted by Crippen LogP contribution is -2.34. The lowest BCUT2D eigenvalue weighted by atomic mass is 10.1. The highest BCUT2D eigenvalue weighted by Gasteiger charge is 2.22. The number of rotatable bonds is 6. The molecule has 1 aromatic carbocycles. The lowest BCUT2D eigenvalue weighted by Gasteiger charge is -2.31. The number of ether oxygens (including phenoxy) is 1. The van der Waals surface area contributed by atoms with Crippen LogP contribution < -0.4 is 10.5 Å². The average Bonchev–Trinajstić information content (AvgIpc) is 3.35. The SMILES string of the molecule is CC.CCN1CCC(n2cc(-c3cnc(N)c(O[C@H](C)c4c(Cl)ccc(F)c4Cl)c3)cn2)CC1. The quantitative estimate of drug-likeness (QED) is 0.371. The predicted octanol–water partition coefficient (Wildman–Crippen LogP) is 6.80. The number of nitrogen functional groups attached to an aromatic ring is 1. The number of nitrogens with zero attached hydrogens (tertiary/aromatic N) is 4. The van der Waals surface area contributed by atoms with E-state index in [0.29, 0.717) is 22.4 Å². The number of aromatic nitrogens is 3. The molecule has 6 nitrogen and oxygen atoms in total. The molecule has 34 heavy (non-hydrogen) atoms. The zero-order valence-corrected chi connectivity index (χ0v) is 21.6. The van der Waals surface area contributed by atoms with Gasteiger partial charge in [0, 0.05) is 47.2 Å². The van der Waals surface area contributed by atoms with Crippen LogP contribution in [0, 0.1) is 5.82 Å². The van der Waals surface area contributed by atoms with Crippen LogP contribution in [0.4, 0.5) is 10.2 Å². The van der Waals surface area contributed by atoms with Crippen molar-refractivity contribution in [2.24, 2.45) is 0 Å². The van der Waals surface area contributed by atoms with E-state index in [0.717, 1.165) is 43.6 Å². The fraction of sp³-hybridized carbons (Fsp3) is 0.440. The Hall–Kier alpha value is -2.35. The molecule has 0 aliphatic carbocycles. The van der Waals surface area contributed by atoms with E-state index in [1.165, 1.54) is 12.1 Å². The van der Waals surface area contributed by atoms with Gasteiger partial charge in [0.2, 0.25) is 0 Å². The first-order chi connectivity index (χ1) is 16.4. The molecular formula is C25H32Cl2FN5O. The predicted molar refractivity (Wildman–Crippen MR) is 137 cm³/mol. The molecule has 0 bridgehead atoms. The first kappa shape index (κ1) is 26.3. The van der Waals surface area contributed by atoms with E-state index in [1.807, 2.05) is 30.9 Å². The molecule has 2 aromatic heterocycles. The van der Waals surface area contributed by atoms with Crippen molar-refractivity contribution in [3.63, 3.8) is 0 Å². The summed E-state index contributed by atoms with van der Waals surface area (Å²) in [6.07, 6.45) is 7.08. The van der Waals surface area contributed by atoms with E-state index in [4.69, 9.17) is 33.7 Å². The van der Waals surface area contributed by atoms with Gasteiger partial charge in [-0.2, -0.15) is 5.10 Å². The van der Waals surface area contributed by atoms with Gasteiger partial charge in [-0.05, 0) is 44.5 Å². The Labute approximate surface area is 210 Å². The van der Waals surface area contributed by atoms with Gasteiger partial charge in [-0.15, -0.1) is 0 Å². The monoisotopic (exact) mass is 507 g/mol. The number of nitrogens with two attached hydrogens (primary N) is 1. The molecule has 0 amide bonds. The van der Waals surface area contributed by atoms with E-state index < -0.39 is 11.9 Å². The van der Waals surface area contributed by atoms with Crippen molar-refractivity contribution in [2.45, 2.75) is 52.7 Å². The second kappa shape index (κ2) is 11.9. The molecule has 1 fully saturated rings. The van der Waals surface area contributed by atoms with E-state index >= 15 is 0 Å². The second-order valence-electron chi connectivity index (χ2n) is 8.00. The topological polar surface area (TPSA) is 69.2 Å². The van der Waals surface area contributed by atoms with Crippen molar-refractivity contribution in [1.29, 1.82) is 0 Å². The molecule has 4 rings (SSSR count). The lowest BCUT2D eigenvalue weighted by molar-refractivity contribution is 0.187. The molecule has 0 unspecified atom stereocenters. The Balaban J connectivity index is 0.00000158. The first-order valence-electron chi connectivity index (χ1n) is 11.7. The van der Waals surface area contributed by atoms with E-state index in [1.54, 1.807) is 19.2 Å². The number of likely N-dealkylation sites (tertiary alicyclic amines) is 1. The minimum absolute atomic E-state index is 0.0666. The highest BCUT2D eigenvalue weighted by molar-refractivity contribution is 6.36. The summed E-state index contributed by atoms with van der Waals surface area (Å²) < 4.78 is 22.0. The number of halogens is 3. The van der Waals surface area contributed by atoms with Crippen molar-refractivity contribution in [3.8, 4) is 16.9 Å². The number of hydrogen-bond donors (Lipinski definition) is 1. The molecule has 0 radical (unpaired) electrons. The minimum atomic E-state index is -0.628. The van der Waals surface area contributed by atoms with Gasteiger partial charge in [0.25, 0.3) is 0 Å². The summed E-state index contributed by atoms with van der Waals surface area (Å²) in [6.45, 7) is 11.2. The molecule has 3 heterocycles. The fourth-order valence-corrected chi connectivity index (χ4v) is 4.74. The van der Waals surface area contributed by atoms with Crippen LogP contribution in [0.3, 0.4) is 0 Å². The number of anilines is 1. The fourth-order valence-electron chi connectivity index (χ4n) is 4.06. The molecule has 3 aromatic rings. The molecular weight excluding hydrogens is 476 g/mol. The van der Waals surface area contributed by atoms with Crippen LogP contribution in [0.25, 0.3) is 11.1 Å². The summed E-state index contributed by atoms with van der Waals surface area (Å²) in [5, 5.41) is 4.84. The second-order valence-corrected chi connectivity index (χ2v) is 8.78. The van der Waals surface area contributed by atoms with Crippen LogP contribution in [0.1, 0.15) is 58.2 Å². The zero-order valence-electron chi connectivity index (χ0n) is 20.1. The summed E-state index contributed by atoms with van der Waals surface area (Å²) in [7, 11) is 0. The summed E-state index contributed by atoms with van der Waals surface area (Å²) >= 11 is 12.4. The van der Waals surface area contributed by atoms with Gasteiger partial charge >= 0.3 is 0 Å². The van der Waals surface area contributed by atoms with Crippen LogP contribution in [0.5, 0.6) is 5.75 Å². The standard InChI is InChI=1S/C23H26Cl2FN5O.C2H6/c1-3-30-8-6-17(7-9-30)31-13-16(12-29-31)15-10-20(23(27)28-11-15)32-14(2)21-18(24)4-5-19(26)22(21)25;1-2/h4-5,10-14,17H,3,6-9H2,1-2H3,(H2,27,28);1-2H3/t14-;/m1./s1. The molecule has 1 atom stereocenters. The normalized spacial score (nSPS) is 15.5. The third kappa shape index (κ3) is 5.82. The van der Waals surface area contributed by atoms with Gasteiger partial charge in [-0.1, -0.05) is 44.0 Å². The van der Waals surface area contributed by atoms with Crippen molar-refractivity contribution in [2.75, 3.05) is 25.4 Å². The van der Waals surface area contributed by atoms with Crippen molar-refractivity contribution in [3.05, 3.63) is 58.2 Å². The van der Waals surface area contributed by atoms with Gasteiger partial charge in [-0.25, -0.2) is 9.37 Å². The highest BCUT2D eigenvalue weighted by atomic mass is 35.5. The van der Waals surface area contributed by atoms with Crippen molar-refractivity contribution >= 4 is 29.0 Å². The van der Waals surface area contributed by atoms with Crippen LogP contribution in [0.15, 0.2) is 36.8 Å². The zero-order chi connectivity index (χ0) is 24.8. The van der Waals surface area contributed by atoms with Crippen molar-refractivity contribution in [1.82, 2.24) is 19.7 Å². The first-order valence-corrected chi connectivity index (χ1v) is 12.5. The third-order valence-corrected chi connectivity index (χ3v) is 6.70. The Kier molecular flexibility index (Phi) is 9.17. The summed E-state index contributed by atoms with van der Waals surface area (Å²) in [4.78, 5) is 6.73. The van der Waals surface area contributed by atoms with E-state index in [2.05, 4.69) is 21.9 Å². The Morgan fingerprint density at radius 2 is 1.88 bits per heavy atom. The summed E-state index contributed by atoms with van der Waals surface area (Å²) in [6, 6.07) is 4.87. The van der Waals surface area contributed by atoms with Gasteiger partial charge in [0.1, 0.15) is 11.9 Å². The van der Waals surface area contributed by atoms with E-state index in [-0.39, 0.29) is 10.8 Å². The maximum atomic E-state index is 13.9. The molecule has 0 spiro atoms. The van der Waals surface area contributed by atoms with Gasteiger partial charge in [0.05, 0.1) is 17.3 Å². The Morgan fingerprint density at radius 1 is 1.18 bits per heavy atom. The molecule has 9 heteroatoms. The maximum absolute atomic E-state index is 13.9. The average molecular weight is 508 g/mol. The molecule has 1 aliphatic rings. The molecule has 184 valence electrons. The number of benzene rings is 1. The minimum Gasteiger partial charge on any atom is -0.482 e. The van der Waals surface area contributed by atoms with Crippen LogP contribution in [-0.4, -0.2) is 39.3 Å². The molecule has 2 N–H and O–H groups in total. The van der Waals surface area contributed by atoms with Crippen LogP contribution in [-0.2, 0) is 0 Å².